The predicted molar refractivity (Wildman–Crippen MR) is 126 cm³/mol. The molecule has 0 heterocycles. The summed E-state index contributed by atoms with van der Waals surface area (Å²) in [6.45, 7) is 5.14. The minimum atomic E-state index is -4.35. The molecule has 0 saturated heterocycles. The van der Waals surface area contributed by atoms with Crippen LogP contribution in [-0.4, -0.2) is 20.0 Å². The summed E-state index contributed by atoms with van der Waals surface area (Å²) in [6, 6.07) is 21.0. The lowest BCUT2D eigenvalue weighted by Crippen LogP contribution is -2.48. The van der Waals surface area contributed by atoms with E-state index in [0.29, 0.717) is 11.3 Å². The second-order valence-electron chi connectivity index (χ2n) is 8.40. The summed E-state index contributed by atoms with van der Waals surface area (Å²) in [5, 5.41) is 20.7. The lowest BCUT2D eigenvalue weighted by molar-refractivity contribution is 0.237. The van der Waals surface area contributed by atoms with Gasteiger partial charge in [0.2, 0.25) is 0 Å². The first-order valence-electron chi connectivity index (χ1n) is 10.2. The number of nitrogens with one attached hydrogen (secondary N) is 2. The van der Waals surface area contributed by atoms with Gasteiger partial charge in [0, 0.05) is 5.54 Å². The van der Waals surface area contributed by atoms with Gasteiger partial charge in [0.15, 0.2) is 0 Å². The van der Waals surface area contributed by atoms with Crippen LogP contribution in [0.2, 0.25) is 0 Å². The van der Waals surface area contributed by atoms with Crippen molar-refractivity contribution in [1.82, 2.24) is 10.0 Å². The maximum absolute atomic E-state index is 13.0. The zero-order chi connectivity index (χ0) is 24.9. The highest BCUT2D eigenvalue weighted by molar-refractivity contribution is 7.90. The summed E-state index contributed by atoms with van der Waals surface area (Å²) in [4.78, 5) is 11.8. The van der Waals surface area contributed by atoms with E-state index in [9.17, 15) is 18.5 Å². The molecule has 3 aromatic carbocycles. The molecule has 2 N–H and O–H groups in total. The summed E-state index contributed by atoms with van der Waals surface area (Å²) in [5.74, 6) is 0.300. The Morgan fingerprint density at radius 3 is 2.15 bits per heavy atom. The molecule has 0 radical (unpaired) electrons. The van der Waals surface area contributed by atoms with Crippen LogP contribution in [0.15, 0.2) is 71.6 Å². The van der Waals surface area contributed by atoms with Gasteiger partial charge in [-0.2, -0.15) is 10.5 Å². The van der Waals surface area contributed by atoms with Crippen molar-refractivity contribution in [3.63, 3.8) is 0 Å². The van der Waals surface area contributed by atoms with Gasteiger partial charge in [0.05, 0.1) is 23.3 Å². The lowest BCUT2D eigenvalue weighted by Gasteiger charge is -2.21. The number of benzene rings is 3. The number of sulfonamides is 1. The number of hydrogen-bond donors (Lipinski definition) is 2. The van der Waals surface area contributed by atoms with E-state index in [4.69, 9.17) is 10.00 Å². The molecule has 0 saturated carbocycles. The minimum absolute atomic E-state index is 0.0490. The summed E-state index contributed by atoms with van der Waals surface area (Å²) in [5.41, 5.74) is 1.61. The van der Waals surface area contributed by atoms with E-state index < -0.39 is 21.6 Å². The molecule has 8 nitrogen and oxygen atoms in total. The molecule has 3 aromatic rings. The highest BCUT2D eigenvalue weighted by Gasteiger charge is 2.25. The maximum atomic E-state index is 13.0. The number of amides is 2. The lowest BCUT2D eigenvalue weighted by atomic mass is 10.0. The van der Waals surface area contributed by atoms with Crippen LogP contribution in [0.3, 0.4) is 0 Å². The average Bonchev–Trinajstić information content (AvgIpc) is 2.78. The van der Waals surface area contributed by atoms with Gasteiger partial charge < -0.3 is 10.1 Å². The van der Waals surface area contributed by atoms with Crippen molar-refractivity contribution in [1.29, 1.82) is 10.5 Å². The molecule has 0 aliphatic rings. The average molecular weight is 475 g/mol. The van der Waals surface area contributed by atoms with Crippen LogP contribution in [0.25, 0.3) is 11.1 Å². The molecule has 0 aromatic heterocycles. The maximum Gasteiger partial charge on any atom is 0.329 e. The van der Waals surface area contributed by atoms with Crippen molar-refractivity contribution in [2.75, 3.05) is 0 Å². The molecule has 3 rings (SSSR count). The van der Waals surface area contributed by atoms with E-state index in [2.05, 4.69) is 11.4 Å². The quantitative estimate of drug-likeness (QED) is 0.552. The first kappa shape index (κ1) is 24.3. The highest BCUT2D eigenvalue weighted by atomic mass is 32.2. The van der Waals surface area contributed by atoms with Gasteiger partial charge in [-0.1, -0.05) is 24.3 Å². The first-order chi connectivity index (χ1) is 16.0. The smallest absolute Gasteiger partial charge is 0.329 e. The predicted octanol–water partition coefficient (Wildman–Crippen LogP) is 4.68. The molecule has 0 unspecified atom stereocenters. The SMILES string of the molecule is CC(C)(C)NC(=O)NS(=O)(=O)c1cc(C#N)ccc1Oc1cccc(-c2ccc(C#N)cc2)c1. The molecule has 172 valence electrons. The van der Waals surface area contributed by atoms with Crippen molar-refractivity contribution in [3.05, 3.63) is 77.9 Å². The molecule has 0 bridgehead atoms. The van der Waals surface area contributed by atoms with Crippen LogP contribution in [0.5, 0.6) is 11.5 Å². The number of hydrogen-bond acceptors (Lipinski definition) is 6. The van der Waals surface area contributed by atoms with Crippen LogP contribution in [0.4, 0.5) is 4.79 Å². The number of rotatable bonds is 5. The fourth-order valence-electron chi connectivity index (χ4n) is 3.02. The number of carbonyl (C=O) groups excluding carboxylic acids is 1. The van der Waals surface area contributed by atoms with E-state index in [1.54, 1.807) is 63.2 Å². The Kier molecular flexibility index (Phi) is 6.90. The fourth-order valence-corrected chi connectivity index (χ4v) is 4.08. The van der Waals surface area contributed by atoms with Gasteiger partial charge in [-0.15, -0.1) is 0 Å². The van der Waals surface area contributed by atoms with E-state index in [1.807, 2.05) is 16.9 Å². The monoisotopic (exact) mass is 474 g/mol. The summed E-state index contributed by atoms with van der Waals surface area (Å²) < 4.78 is 33.8. The molecule has 0 spiro atoms. The summed E-state index contributed by atoms with van der Waals surface area (Å²) >= 11 is 0. The van der Waals surface area contributed by atoms with Gasteiger partial charge in [-0.05, 0) is 74.4 Å². The molecule has 9 heteroatoms. The van der Waals surface area contributed by atoms with Gasteiger partial charge in [-0.3, -0.25) is 0 Å². The number of carbonyl (C=O) groups is 1. The zero-order valence-corrected chi connectivity index (χ0v) is 19.6. The van der Waals surface area contributed by atoms with Crippen LogP contribution in [-0.2, 0) is 10.0 Å². The van der Waals surface area contributed by atoms with E-state index in [0.717, 1.165) is 17.2 Å². The van der Waals surface area contributed by atoms with E-state index >= 15 is 0 Å². The van der Waals surface area contributed by atoms with Gasteiger partial charge in [0.25, 0.3) is 10.0 Å². The Labute approximate surface area is 198 Å². The van der Waals surface area contributed by atoms with Crippen molar-refractivity contribution >= 4 is 16.1 Å². The number of urea groups is 1. The number of nitrogens with zero attached hydrogens (tertiary/aromatic N) is 2. The second kappa shape index (κ2) is 9.65. The summed E-state index contributed by atoms with van der Waals surface area (Å²) in [7, 11) is -4.35. The fraction of sp³-hybridized carbons (Fsp3) is 0.160. The standard InChI is InChI=1S/C25H22N4O4S/c1-25(2,3)28-24(30)29-34(31,32)23-13-18(16-27)9-12-22(23)33-21-6-4-5-20(14-21)19-10-7-17(15-26)8-11-19/h4-14H,1-3H3,(H2,28,29,30). The summed E-state index contributed by atoms with van der Waals surface area (Å²) in [6.07, 6.45) is 0. The topological polar surface area (TPSA) is 132 Å². The Morgan fingerprint density at radius 2 is 1.53 bits per heavy atom. The highest BCUT2D eigenvalue weighted by Crippen LogP contribution is 2.32. The van der Waals surface area contributed by atoms with Crippen LogP contribution < -0.4 is 14.8 Å². The Balaban J connectivity index is 1.95. The van der Waals surface area contributed by atoms with Gasteiger partial charge >= 0.3 is 6.03 Å². The van der Waals surface area contributed by atoms with Crippen LogP contribution >= 0.6 is 0 Å². The van der Waals surface area contributed by atoms with E-state index in [1.165, 1.54) is 12.1 Å². The third-order valence-electron chi connectivity index (χ3n) is 4.49. The van der Waals surface area contributed by atoms with Crippen molar-refractivity contribution < 1.29 is 17.9 Å². The third-order valence-corrected chi connectivity index (χ3v) is 5.84. The number of ether oxygens (including phenoxy) is 1. The molecule has 34 heavy (non-hydrogen) atoms. The molecular formula is C25H22N4O4S. The molecule has 0 aliphatic carbocycles. The Bertz CT molecular complexity index is 1410. The molecule has 0 atom stereocenters. The molecular weight excluding hydrogens is 452 g/mol. The Morgan fingerprint density at radius 1 is 0.882 bits per heavy atom. The largest absolute Gasteiger partial charge is 0.456 e. The van der Waals surface area contributed by atoms with E-state index in [-0.39, 0.29) is 16.2 Å². The molecule has 2 amide bonds. The second-order valence-corrected chi connectivity index (χ2v) is 10.1. The number of nitriles is 2. The Hall–Kier alpha value is -4.34. The van der Waals surface area contributed by atoms with Crippen LogP contribution in [0.1, 0.15) is 31.9 Å². The third kappa shape index (κ3) is 6.12. The first-order valence-corrected chi connectivity index (χ1v) is 11.7. The van der Waals surface area contributed by atoms with Crippen molar-refractivity contribution in [3.8, 4) is 34.8 Å². The van der Waals surface area contributed by atoms with Crippen molar-refractivity contribution in [2.24, 2.45) is 0 Å². The minimum Gasteiger partial charge on any atom is -0.456 e. The van der Waals surface area contributed by atoms with Gasteiger partial charge in [-0.25, -0.2) is 17.9 Å². The zero-order valence-electron chi connectivity index (χ0n) is 18.8. The normalized spacial score (nSPS) is 11.1. The van der Waals surface area contributed by atoms with Gasteiger partial charge in [0.1, 0.15) is 16.4 Å². The van der Waals surface area contributed by atoms with Crippen molar-refractivity contribution in [2.45, 2.75) is 31.2 Å². The van der Waals surface area contributed by atoms with Crippen LogP contribution in [0, 0.1) is 22.7 Å². The molecule has 0 aliphatic heterocycles. The molecule has 0 fully saturated rings.